The summed E-state index contributed by atoms with van der Waals surface area (Å²) in [5.74, 6) is -0.363. The molecular formula is C13H11Cl2FN2. The third-order valence-electron chi connectivity index (χ3n) is 2.55. The Balaban J connectivity index is 2.21. The standard InChI is InChI=1S/C13H11Cl2FN2/c1-8(9-5-10(16)7-17-6-9)18-12-4-2-3-11(14)13(12)15/h2-8,18H,1H3. The molecule has 1 heterocycles. The third kappa shape index (κ3) is 2.92. The maximum absolute atomic E-state index is 13.1. The molecule has 0 radical (unpaired) electrons. The predicted molar refractivity (Wildman–Crippen MR) is 72.7 cm³/mol. The van der Waals surface area contributed by atoms with Gasteiger partial charge in [-0.15, -0.1) is 0 Å². The molecule has 1 aromatic heterocycles. The number of benzene rings is 1. The van der Waals surface area contributed by atoms with Crippen LogP contribution < -0.4 is 5.32 Å². The van der Waals surface area contributed by atoms with E-state index in [0.29, 0.717) is 15.7 Å². The molecule has 0 saturated carbocycles. The number of rotatable bonds is 3. The average molecular weight is 285 g/mol. The second-order valence-electron chi connectivity index (χ2n) is 3.90. The summed E-state index contributed by atoms with van der Waals surface area (Å²) in [5.41, 5.74) is 1.45. The zero-order chi connectivity index (χ0) is 13.1. The van der Waals surface area contributed by atoms with Gasteiger partial charge in [-0.05, 0) is 30.7 Å². The number of pyridine rings is 1. The molecule has 5 heteroatoms. The quantitative estimate of drug-likeness (QED) is 0.884. The zero-order valence-corrected chi connectivity index (χ0v) is 11.1. The lowest BCUT2D eigenvalue weighted by atomic mass is 10.1. The van der Waals surface area contributed by atoms with Crippen LogP contribution in [0.25, 0.3) is 0 Å². The largest absolute Gasteiger partial charge is 0.377 e. The van der Waals surface area contributed by atoms with Crippen molar-refractivity contribution in [1.82, 2.24) is 4.98 Å². The number of hydrogen-bond donors (Lipinski definition) is 1. The Morgan fingerprint density at radius 3 is 2.78 bits per heavy atom. The summed E-state index contributed by atoms with van der Waals surface area (Å²) in [5, 5.41) is 4.10. The molecule has 1 unspecified atom stereocenters. The van der Waals surface area contributed by atoms with Crippen LogP contribution >= 0.6 is 23.2 Å². The van der Waals surface area contributed by atoms with E-state index < -0.39 is 0 Å². The monoisotopic (exact) mass is 284 g/mol. The van der Waals surface area contributed by atoms with Crippen molar-refractivity contribution in [2.45, 2.75) is 13.0 Å². The lowest BCUT2D eigenvalue weighted by molar-refractivity contribution is 0.616. The Hall–Kier alpha value is -1.32. The van der Waals surface area contributed by atoms with E-state index in [1.54, 1.807) is 18.3 Å². The minimum Gasteiger partial charge on any atom is -0.377 e. The number of aromatic nitrogens is 1. The van der Waals surface area contributed by atoms with E-state index in [0.717, 1.165) is 5.56 Å². The Morgan fingerprint density at radius 2 is 2.06 bits per heavy atom. The Bertz CT molecular complexity index is 560. The van der Waals surface area contributed by atoms with Crippen molar-refractivity contribution in [1.29, 1.82) is 0 Å². The molecule has 2 nitrogen and oxygen atoms in total. The highest BCUT2D eigenvalue weighted by Gasteiger charge is 2.10. The maximum Gasteiger partial charge on any atom is 0.141 e. The van der Waals surface area contributed by atoms with Crippen molar-refractivity contribution in [2.24, 2.45) is 0 Å². The molecule has 0 bridgehead atoms. The second-order valence-corrected chi connectivity index (χ2v) is 4.69. The zero-order valence-electron chi connectivity index (χ0n) is 9.62. The predicted octanol–water partition coefficient (Wildman–Crippen LogP) is 4.70. The fourth-order valence-corrected chi connectivity index (χ4v) is 1.95. The average Bonchev–Trinajstić information content (AvgIpc) is 2.35. The number of halogens is 3. The summed E-state index contributed by atoms with van der Waals surface area (Å²) in [4.78, 5) is 3.81. The van der Waals surface area contributed by atoms with Gasteiger partial charge in [0.2, 0.25) is 0 Å². The van der Waals surface area contributed by atoms with Crippen LogP contribution in [0.3, 0.4) is 0 Å². The molecule has 1 atom stereocenters. The number of nitrogens with one attached hydrogen (secondary N) is 1. The van der Waals surface area contributed by atoms with Crippen LogP contribution in [0.15, 0.2) is 36.7 Å². The van der Waals surface area contributed by atoms with Gasteiger partial charge in [0.15, 0.2) is 0 Å². The van der Waals surface area contributed by atoms with E-state index >= 15 is 0 Å². The van der Waals surface area contributed by atoms with Gasteiger partial charge in [-0.3, -0.25) is 4.98 Å². The van der Waals surface area contributed by atoms with E-state index in [-0.39, 0.29) is 11.9 Å². The van der Waals surface area contributed by atoms with Gasteiger partial charge in [0.05, 0.1) is 28.0 Å². The molecule has 1 aromatic carbocycles. The number of anilines is 1. The van der Waals surface area contributed by atoms with Crippen molar-refractivity contribution in [3.05, 3.63) is 58.1 Å². The molecule has 1 N–H and O–H groups in total. The SMILES string of the molecule is CC(Nc1cccc(Cl)c1Cl)c1cncc(F)c1. The van der Waals surface area contributed by atoms with Gasteiger partial charge in [0.25, 0.3) is 0 Å². The first-order valence-corrected chi connectivity index (χ1v) is 6.14. The summed E-state index contributed by atoms with van der Waals surface area (Å²) in [6.07, 6.45) is 2.78. The summed E-state index contributed by atoms with van der Waals surface area (Å²) in [6, 6.07) is 6.64. The van der Waals surface area contributed by atoms with Crippen molar-refractivity contribution < 1.29 is 4.39 Å². The van der Waals surface area contributed by atoms with Gasteiger partial charge in [0.1, 0.15) is 5.82 Å². The van der Waals surface area contributed by atoms with Crippen molar-refractivity contribution in [3.63, 3.8) is 0 Å². The Morgan fingerprint density at radius 1 is 1.28 bits per heavy atom. The first kappa shape index (κ1) is 13.1. The minimum absolute atomic E-state index is 0.121. The van der Waals surface area contributed by atoms with E-state index in [1.165, 1.54) is 12.3 Å². The van der Waals surface area contributed by atoms with Crippen LogP contribution in [0.4, 0.5) is 10.1 Å². The van der Waals surface area contributed by atoms with E-state index in [4.69, 9.17) is 23.2 Å². The number of hydrogen-bond acceptors (Lipinski definition) is 2. The fraction of sp³-hybridized carbons (Fsp3) is 0.154. The molecule has 2 rings (SSSR count). The molecule has 0 amide bonds. The van der Waals surface area contributed by atoms with Gasteiger partial charge in [-0.2, -0.15) is 0 Å². The lowest BCUT2D eigenvalue weighted by Crippen LogP contribution is -2.07. The van der Waals surface area contributed by atoms with Crippen LogP contribution in [-0.4, -0.2) is 4.98 Å². The van der Waals surface area contributed by atoms with Gasteiger partial charge in [0, 0.05) is 6.20 Å². The smallest absolute Gasteiger partial charge is 0.141 e. The molecule has 0 saturated heterocycles. The normalized spacial score (nSPS) is 12.2. The van der Waals surface area contributed by atoms with E-state index in [2.05, 4.69) is 10.3 Å². The molecule has 18 heavy (non-hydrogen) atoms. The lowest BCUT2D eigenvalue weighted by Gasteiger charge is -2.16. The van der Waals surface area contributed by atoms with E-state index in [1.807, 2.05) is 13.0 Å². The number of nitrogens with zero attached hydrogens (tertiary/aromatic N) is 1. The first-order valence-electron chi connectivity index (χ1n) is 5.39. The first-order chi connectivity index (χ1) is 8.58. The van der Waals surface area contributed by atoms with Crippen LogP contribution in [0, 0.1) is 5.82 Å². The minimum atomic E-state index is -0.363. The molecule has 0 aliphatic rings. The van der Waals surface area contributed by atoms with Crippen molar-refractivity contribution in [3.8, 4) is 0 Å². The molecule has 94 valence electrons. The highest BCUT2D eigenvalue weighted by atomic mass is 35.5. The highest BCUT2D eigenvalue weighted by Crippen LogP contribution is 2.31. The summed E-state index contributed by atoms with van der Waals surface area (Å²) in [6.45, 7) is 1.90. The highest BCUT2D eigenvalue weighted by molar-refractivity contribution is 6.43. The van der Waals surface area contributed by atoms with E-state index in [9.17, 15) is 4.39 Å². The molecule has 2 aromatic rings. The van der Waals surface area contributed by atoms with Crippen LogP contribution in [0.5, 0.6) is 0 Å². The Labute approximate surface area is 115 Å². The van der Waals surface area contributed by atoms with Gasteiger partial charge >= 0.3 is 0 Å². The van der Waals surface area contributed by atoms with Crippen LogP contribution in [0.1, 0.15) is 18.5 Å². The Kier molecular flexibility index (Phi) is 4.04. The molecule has 0 spiro atoms. The molecule has 0 aliphatic carbocycles. The van der Waals surface area contributed by atoms with Gasteiger partial charge < -0.3 is 5.32 Å². The summed E-state index contributed by atoms with van der Waals surface area (Å²) >= 11 is 12.0. The topological polar surface area (TPSA) is 24.9 Å². The van der Waals surface area contributed by atoms with Crippen molar-refractivity contribution in [2.75, 3.05) is 5.32 Å². The van der Waals surface area contributed by atoms with Crippen molar-refractivity contribution >= 4 is 28.9 Å². The molecule has 0 fully saturated rings. The van der Waals surface area contributed by atoms with Gasteiger partial charge in [-0.1, -0.05) is 29.3 Å². The molecule has 0 aliphatic heterocycles. The fourth-order valence-electron chi connectivity index (χ4n) is 1.60. The third-order valence-corrected chi connectivity index (χ3v) is 3.37. The summed E-state index contributed by atoms with van der Waals surface area (Å²) < 4.78 is 13.1. The van der Waals surface area contributed by atoms with Crippen LogP contribution in [-0.2, 0) is 0 Å². The molecular weight excluding hydrogens is 274 g/mol. The van der Waals surface area contributed by atoms with Gasteiger partial charge in [-0.25, -0.2) is 4.39 Å². The van der Waals surface area contributed by atoms with Crippen LogP contribution in [0.2, 0.25) is 10.0 Å². The second kappa shape index (κ2) is 5.55. The maximum atomic E-state index is 13.1. The summed E-state index contributed by atoms with van der Waals surface area (Å²) in [7, 11) is 0.